The Hall–Kier alpha value is -4.14. The molecule has 3 aromatic rings. The molecular weight excluding hydrogens is 496 g/mol. The molecule has 9 heteroatoms. The van der Waals surface area contributed by atoms with Gasteiger partial charge in [0.2, 0.25) is 0 Å². The van der Waals surface area contributed by atoms with Gasteiger partial charge in [0.05, 0.1) is 35.8 Å². The average Bonchev–Trinajstić information content (AvgIpc) is 3.33. The highest BCUT2D eigenvalue weighted by Gasteiger charge is 2.32. The molecular formula is C30H36N4O5. The van der Waals surface area contributed by atoms with Crippen LogP contribution < -0.4 is 5.32 Å². The van der Waals surface area contributed by atoms with Crippen molar-refractivity contribution in [3.05, 3.63) is 76.6 Å². The van der Waals surface area contributed by atoms with E-state index in [2.05, 4.69) is 16.5 Å². The minimum Gasteiger partial charge on any atom is -0.465 e. The Bertz CT molecular complexity index is 1360. The van der Waals surface area contributed by atoms with E-state index in [0.717, 1.165) is 22.5 Å². The topological polar surface area (TPSA) is 103 Å². The summed E-state index contributed by atoms with van der Waals surface area (Å²) in [6.45, 7) is 10.7. The van der Waals surface area contributed by atoms with Crippen LogP contribution in [-0.4, -0.2) is 58.5 Å². The molecule has 4 rings (SSSR count). The summed E-state index contributed by atoms with van der Waals surface area (Å²) in [5.41, 5.74) is 4.78. The maximum Gasteiger partial charge on any atom is 0.410 e. The van der Waals surface area contributed by atoms with Crippen LogP contribution in [0.4, 0.5) is 10.5 Å². The largest absolute Gasteiger partial charge is 0.465 e. The van der Waals surface area contributed by atoms with Crippen molar-refractivity contribution >= 4 is 23.7 Å². The fraction of sp³-hybridized carbons (Fsp3) is 0.400. The van der Waals surface area contributed by atoms with Gasteiger partial charge in [0.15, 0.2) is 0 Å². The molecule has 0 atom stereocenters. The molecule has 2 heterocycles. The number of ether oxygens (including phenoxy) is 2. The number of nitrogens with one attached hydrogen (secondary N) is 1. The van der Waals surface area contributed by atoms with E-state index in [1.54, 1.807) is 35.4 Å². The van der Waals surface area contributed by atoms with E-state index in [1.165, 1.54) is 7.11 Å². The number of carbonyl (C=O) groups is 3. The number of benzene rings is 2. The van der Waals surface area contributed by atoms with Gasteiger partial charge in [-0.05, 0) is 83.4 Å². The third-order valence-corrected chi connectivity index (χ3v) is 6.73. The van der Waals surface area contributed by atoms with Crippen LogP contribution >= 0.6 is 0 Å². The molecule has 0 aliphatic carbocycles. The fourth-order valence-corrected chi connectivity index (χ4v) is 4.83. The molecule has 0 bridgehead atoms. The van der Waals surface area contributed by atoms with Gasteiger partial charge in [-0.1, -0.05) is 17.7 Å². The van der Waals surface area contributed by atoms with Crippen molar-refractivity contribution in [3.8, 4) is 5.69 Å². The quantitative estimate of drug-likeness (QED) is 0.427. The van der Waals surface area contributed by atoms with E-state index < -0.39 is 11.6 Å². The summed E-state index contributed by atoms with van der Waals surface area (Å²) in [5.74, 6) is -0.724. The second kappa shape index (κ2) is 11.3. The number of carbonyl (C=O) groups excluding carboxylic acids is 3. The van der Waals surface area contributed by atoms with E-state index in [4.69, 9.17) is 9.47 Å². The van der Waals surface area contributed by atoms with Crippen LogP contribution in [0.5, 0.6) is 0 Å². The van der Waals surface area contributed by atoms with Gasteiger partial charge >= 0.3 is 12.1 Å². The number of nitrogens with zero attached hydrogens (tertiary/aromatic N) is 3. The molecule has 1 N–H and O–H groups in total. The zero-order chi connectivity index (χ0) is 28.3. The van der Waals surface area contributed by atoms with E-state index in [0.29, 0.717) is 42.7 Å². The van der Waals surface area contributed by atoms with Crippen molar-refractivity contribution in [2.45, 2.75) is 59.0 Å². The van der Waals surface area contributed by atoms with E-state index in [-0.39, 0.29) is 17.9 Å². The number of amides is 2. The van der Waals surface area contributed by atoms with Crippen LogP contribution in [0.1, 0.15) is 77.1 Å². The smallest absolute Gasteiger partial charge is 0.410 e. The van der Waals surface area contributed by atoms with Crippen LogP contribution in [0.3, 0.4) is 0 Å². The van der Waals surface area contributed by atoms with Gasteiger partial charge in [-0.2, -0.15) is 5.10 Å². The average molecular weight is 533 g/mol. The molecule has 1 aromatic heterocycles. The lowest BCUT2D eigenvalue weighted by atomic mass is 9.90. The Balaban J connectivity index is 1.62. The monoisotopic (exact) mass is 532 g/mol. The van der Waals surface area contributed by atoms with Crippen LogP contribution in [0, 0.1) is 13.8 Å². The molecule has 206 valence electrons. The van der Waals surface area contributed by atoms with Crippen molar-refractivity contribution in [1.82, 2.24) is 14.7 Å². The van der Waals surface area contributed by atoms with E-state index in [1.807, 2.05) is 51.4 Å². The van der Waals surface area contributed by atoms with Gasteiger partial charge in [-0.3, -0.25) is 4.79 Å². The summed E-state index contributed by atoms with van der Waals surface area (Å²) in [4.78, 5) is 39.6. The Morgan fingerprint density at radius 2 is 1.67 bits per heavy atom. The summed E-state index contributed by atoms with van der Waals surface area (Å²) in [6, 6.07) is 12.7. The normalized spacial score (nSPS) is 14.2. The summed E-state index contributed by atoms with van der Waals surface area (Å²) in [6.07, 6.45) is 2.62. The molecule has 39 heavy (non-hydrogen) atoms. The number of esters is 1. The molecule has 0 radical (unpaired) electrons. The third-order valence-electron chi connectivity index (χ3n) is 6.73. The van der Waals surface area contributed by atoms with Crippen LogP contribution in [0.2, 0.25) is 0 Å². The minimum absolute atomic E-state index is 0.00865. The lowest BCUT2D eigenvalue weighted by molar-refractivity contribution is 0.0203. The summed E-state index contributed by atoms with van der Waals surface area (Å²) >= 11 is 0. The number of hydrogen-bond acceptors (Lipinski definition) is 6. The summed E-state index contributed by atoms with van der Waals surface area (Å²) in [7, 11) is 1.32. The van der Waals surface area contributed by atoms with Crippen molar-refractivity contribution in [3.63, 3.8) is 0 Å². The van der Waals surface area contributed by atoms with Crippen LogP contribution in [0.25, 0.3) is 5.69 Å². The van der Waals surface area contributed by atoms with Crippen molar-refractivity contribution in [2.75, 3.05) is 25.5 Å². The molecule has 1 saturated heterocycles. The van der Waals surface area contributed by atoms with Gasteiger partial charge in [-0.25, -0.2) is 14.3 Å². The number of aryl methyl sites for hydroxylation is 2. The first-order valence-electron chi connectivity index (χ1n) is 13.1. The predicted octanol–water partition coefficient (Wildman–Crippen LogP) is 5.64. The first kappa shape index (κ1) is 27.9. The number of hydrogen-bond donors (Lipinski definition) is 1. The Morgan fingerprint density at radius 3 is 2.26 bits per heavy atom. The number of likely N-dealkylation sites (tertiary alicyclic amines) is 1. The summed E-state index contributed by atoms with van der Waals surface area (Å²) < 4.78 is 12.2. The van der Waals surface area contributed by atoms with Gasteiger partial charge in [0.1, 0.15) is 5.60 Å². The standard InChI is InChI=1S/C30H36N4O5/c1-19-7-12-25(20(2)17-19)34-26(21-13-15-33(16-14-21)29(37)39-30(3,4)5)24(18-31-34)27(35)32-23-10-8-22(9-11-23)28(36)38-6/h7-12,17-18,21H,13-16H2,1-6H3,(H,32,35). The van der Waals surface area contributed by atoms with Crippen LogP contribution in [0.15, 0.2) is 48.7 Å². The molecule has 2 amide bonds. The zero-order valence-corrected chi connectivity index (χ0v) is 23.4. The van der Waals surface area contributed by atoms with Gasteiger partial charge in [0, 0.05) is 24.7 Å². The minimum atomic E-state index is -0.560. The fourth-order valence-electron chi connectivity index (χ4n) is 4.83. The van der Waals surface area contributed by atoms with Gasteiger partial charge in [-0.15, -0.1) is 0 Å². The van der Waals surface area contributed by atoms with Gasteiger partial charge < -0.3 is 19.7 Å². The lowest BCUT2D eigenvalue weighted by Crippen LogP contribution is -2.41. The molecule has 1 fully saturated rings. The zero-order valence-electron chi connectivity index (χ0n) is 23.4. The Labute approximate surface area is 229 Å². The highest BCUT2D eigenvalue weighted by molar-refractivity contribution is 6.05. The Kier molecular flexibility index (Phi) is 8.09. The number of aromatic nitrogens is 2. The number of rotatable bonds is 5. The van der Waals surface area contributed by atoms with Crippen molar-refractivity contribution in [2.24, 2.45) is 0 Å². The first-order valence-corrected chi connectivity index (χ1v) is 13.1. The maximum absolute atomic E-state index is 13.5. The van der Waals surface area contributed by atoms with E-state index in [9.17, 15) is 14.4 Å². The highest BCUT2D eigenvalue weighted by Crippen LogP contribution is 2.34. The first-order chi connectivity index (χ1) is 18.5. The third kappa shape index (κ3) is 6.47. The van der Waals surface area contributed by atoms with Crippen molar-refractivity contribution < 1.29 is 23.9 Å². The second-order valence-corrected chi connectivity index (χ2v) is 10.9. The molecule has 0 unspecified atom stereocenters. The lowest BCUT2D eigenvalue weighted by Gasteiger charge is -2.34. The molecule has 2 aromatic carbocycles. The SMILES string of the molecule is COC(=O)c1ccc(NC(=O)c2cnn(-c3ccc(C)cc3C)c2C2CCN(C(=O)OC(C)(C)C)CC2)cc1. The summed E-state index contributed by atoms with van der Waals surface area (Å²) in [5, 5.41) is 7.59. The molecule has 0 spiro atoms. The molecule has 0 saturated carbocycles. The maximum atomic E-state index is 13.5. The highest BCUT2D eigenvalue weighted by atomic mass is 16.6. The second-order valence-electron chi connectivity index (χ2n) is 10.9. The predicted molar refractivity (Wildman–Crippen MR) is 149 cm³/mol. The molecule has 1 aliphatic heterocycles. The molecule has 1 aliphatic rings. The van der Waals surface area contributed by atoms with E-state index >= 15 is 0 Å². The van der Waals surface area contributed by atoms with Crippen molar-refractivity contribution in [1.29, 1.82) is 0 Å². The number of piperidine rings is 1. The molecule has 9 nitrogen and oxygen atoms in total. The number of methoxy groups -OCH3 is 1. The Morgan fingerprint density at radius 1 is 1.00 bits per heavy atom. The number of anilines is 1. The van der Waals surface area contributed by atoms with Gasteiger partial charge in [0.25, 0.3) is 5.91 Å². The van der Waals surface area contributed by atoms with Crippen LogP contribution in [-0.2, 0) is 9.47 Å².